The van der Waals surface area contributed by atoms with E-state index in [1.807, 2.05) is 42.6 Å². The third-order valence-corrected chi connectivity index (χ3v) is 5.14. The third-order valence-electron chi connectivity index (χ3n) is 5.14. The van der Waals surface area contributed by atoms with Gasteiger partial charge in [0.05, 0.1) is 0 Å². The summed E-state index contributed by atoms with van der Waals surface area (Å²) >= 11 is 0. The van der Waals surface area contributed by atoms with Gasteiger partial charge in [-0.15, -0.1) is 0 Å². The number of benzene rings is 1. The second-order valence-electron chi connectivity index (χ2n) is 6.68. The van der Waals surface area contributed by atoms with Crippen molar-refractivity contribution >= 4 is 6.09 Å². The molecule has 2 N–H and O–H groups in total. The fraction of sp³-hybridized carbons (Fsp3) is 0.400. The summed E-state index contributed by atoms with van der Waals surface area (Å²) in [5.41, 5.74) is 1.96. The Kier molecular flexibility index (Phi) is 5.66. The molecular weight excluding hydrogens is 314 g/mol. The Hall–Kier alpha value is -2.40. The Morgan fingerprint density at radius 3 is 2.88 bits per heavy atom. The summed E-state index contributed by atoms with van der Waals surface area (Å²) in [6.07, 6.45) is 4.36. The fourth-order valence-electron chi connectivity index (χ4n) is 3.47. The summed E-state index contributed by atoms with van der Waals surface area (Å²) in [4.78, 5) is 16.4. The number of nitrogens with zero attached hydrogens (tertiary/aromatic N) is 1. The highest BCUT2D eigenvalue weighted by Gasteiger charge is 2.40. The van der Waals surface area contributed by atoms with Crippen molar-refractivity contribution in [2.45, 2.75) is 25.4 Å². The Morgan fingerprint density at radius 1 is 1.32 bits per heavy atom. The number of pyridine rings is 1. The van der Waals surface area contributed by atoms with Crippen LogP contribution in [0.2, 0.25) is 0 Å². The van der Waals surface area contributed by atoms with Crippen molar-refractivity contribution in [2.75, 3.05) is 19.6 Å². The first kappa shape index (κ1) is 17.4. The molecule has 0 bridgehead atoms. The van der Waals surface area contributed by atoms with Gasteiger partial charge in [-0.2, -0.15) is 0 Å². The Morgan fingerprint density at radius 2 is 2.16 bits per heavy atom. The van der Waals surface area contributed by atoms with Gasteiger partial charge in [0.15, 0.2) is 0 Å². The highest BCUT2D eigenvalue weighted by atomic mass is 16.5. The molecule has 0 saturated carbocycles. The minimum Gasteiger partial charge on any atom is -0.445 e. The van der Waals surface area contributed by atoms with Crippen LogP contribution in [-0.2, 0) is 16.8 Å². The summed E-state index contributed by atoms with van der Waals surface area (Å²) in [7, 11) is 0. The molecule has 1 aromatic heterocycles. The van der Waals surface area contributed by atoms with Gasteiger partial charge in [0.25, 0.3) is 0 Å². The molecular formula is C20H25N3O2. The smallest absolute Gasteiger partial charge is 0.407 e. The van der Waals surface area contributed by atoms with Gasteiger partial charge in [0.2, 0.25) is 0 Å². The molecule has 1 aromatic carbocycles. The van der Waals surface area contributed by atoms with Crippen molar-refractivity contribution in [3.8, 4) is 0 Å². The maximum absolute atomic E-state index is 12.2. The minimum absolute atomic E-state index is 0.168. The third kappa shape index (κ3) is 4.17. The predicted molar refractivity (Wildman–Crippen MR) is 97.2 cm³/mol. The van der Waals surface area contributed by atoms with Crippen LogP contribution in [0.4, 0.5) is 4.79 Å². The standard InChI is InChI=1S/C20H25N3O2/c1-16-9-11-22-14-20(16,18-8-5-10-21-12-18)15-23-19(24)25-13-17-6-3-2-4-7-17/h2-8,10,12,16,22H,9,11,13-15H2,1H3,(H,23,24). The van der Waals surface area contributed by atoms with Gasteiger partial charge in [-0.1, -0.05) is 43.3 Å². The van der Waals surface area contributed by atoms with Gasteiger partial charge in [-0.3, -0.25) is 4.98 Å². The number of rotatable bonds is 5. The van der Waals surface area contributed by atoms with E-state index in [2.05, 4.69) is 28.6 Å². The van der Waals surface area contributed by atoms with Crippen molar-refractivity contribution in [2.24, 2.45) is 5.92 Å². The van der Waals surface area contributed by atoms with Crippen LogP contribution in [0.3, 0.4) is 0 Å². The van der Waals surface area contributed by atoms with E-state index < -0.39 is 0 Å². The lowest BCUT2D eigenvalue weighted by Gasteiger charge is -2.43. The van der Waals surface area contributed by atoms with Crippen LogP contribution in [0, 0.1) is 5.92 Å². The van der Waals surface area contributed by atoms with Gasteiger partial charge >= 0.3 is 6.09 Å². The van der Waals surface area contributed by atoms with E-state index in [0.717, 1.165) is 30.6 Å². The molecule has 0 spiro atoms. The van der Waals surface area contributed by atoms with Crippen LogP contribution in [0.15, 0.2) is 54.9 Å². The minimum atomic E-state index is -0.384. The van der Waals surface area contributed by atoms with Gasteiger partial charge in [0.1, 0.15) is 6.61 Å². The van der Waals surface area contributed by atoms with Gasteiger partial charge in [-0.25, -0.2) is 4.79 Å². The maximum atomic E-state index is 12.2. The van der Waals surface area contributed by atoms with Gasteiger partial charge in [-0.05, 0) is 36.1 Å². The molecule has 2 atom stereocenters. The number of aromatic nitrogens is 1. The van der Waals surface area contributed by atoms with Crippen LogP contribution in [0.5, 0.6) is 0 Å². The van der Waals surface area contributed by atoms with E-state index in [1.165, 1.54) is 0 Å². The first-order valence-corrected chi connectivity index (χ1v) is 8.76. The second kappa shape index (κ2) is 8.12. The number of amides is 1. The zero-order valence-electron chi connectivity index (χ0n) is 14.6. The van der Waals surface area contributed by atoms with E-state index >= 15 is 0 Å². The summed E-state index contributed by atoms with van der Waals surface area (Å²) in [6.45, 7) is 4.87. The Bertz CT molecular complexity index is 678. The summed E-state index contributed by atoms with van der Waals surface area (Å²) in [5, 5.41) is 6.43. The Labute approximate surface area is 148 Å². The molecule has 0 aliphatic carbocycles. The molecule has 1 saturated heterocycles. The van der Waals surface area contributed by atoms with Crippen LogP contribution in [0.1, 0.15) is 24.5 Å². The largest absolute Gasteiger partial charge is 0.445 e. The molecule has 1 amide bonds. The molecule has 5 heteroatoms. The Balaban J connectivity index is 1.64. The van der Waals surface area contributed by atoms with Crippen LogP contribution in [-0.4, -0.2) is 30.7 Å². The second-order valence-corrected chi connectivity index (χ2v) is 6.68. The molecule has 0 radical (unpaired) electrons. The van der Waals surface area contributed by atoms with E-state index in [4.69, 9.17) is 4.74 Å². The van der Waals surface area contributed by atoms with E-state index in [0.29, 0.717) is 12.5 Å². The van der Waals surface area contributed by atoms with Crippen LogP contribution in [0.25, 0.3) is 0 Å². The number of piperidine rings is 1. The number of carbonyl (C=O) groups excluding carboxylic acids is 1. The number of hydrogen-bond acceptors (Lipinski definition) is 4. The zero-order chi connectivity index (χ0) is 17.5. The summed E-state index contributed by atoms with van der Waals surface area (Å²) in [6, 6.07) is 13.7. The van der Waals surface area contributed by atoms with Crippen molar-refractivity contribution in [1.29, 1.82) is 0 Å². The lowest BCUT2D eigenvalue weighted by molar-refractivity contribution is 0.131. The molecule has 25 heavy (non-hydrogen) atoms. The molecule has 2 heterocycles. The normalized spacial score (nSPS) is 23.0. The predicted octanol–water partition coefficient (Wildman–Crippen LogP) is 2.88. The summed E-state index contributed by atoms with van der Waals surface area (Å²) in [5.74, 6) is 0.437. The van der Waals surface area contributed by atoms with Crippen molar-refractivity contribution in [3.05, 3.63) is 66.0 Å². The highest BCUT2D eigenvalue weighted by Crippen LogP contribution is 2.35. The van der Waals surface area contributed by atoms with Crippen LogP contribution < -0.4 is 10.6 Å². The number of ether oxygens (including phenoxy) is 1. The maximum Gasteiger partial charge on any atom is 0.407 e. The lowest BCUT2D eigenvalue weighted by atomic mass is 9.68. The zero-order valence-corrected chi connectivity index (χ0v) is 14.6. The first-order valence-electron chi connectivity index (χ1n) is 8.76. The molecule has 1 aliphatic heterocycles. The molecule has 5 nitrogen and oxygen atoms in total. The number of carbonyl (C=O) groups is 1. The van der Waals surface area contributed by atoms with Crippen molar-refractivity contribution < 1.29 is 9.53 Å². The van der Waals surface area contributed by atoms with Crippen molar-refractivity contribution in [3.63, 3.8) is 0 Å². The van der Waals surface area contributed by atoms with E-state index in [1.54, 1.807) is 6.20 Å². The fourth-order valence-corrected chi connectivity index (χ4v) is 3.47. The molecule has 1 aliphatic rings. The molecule has 1 fully saturated rings. The molecule has 132 valence electrons. The van der Waals surface area contributed by atoms with Crippen molar-refractivity contribution in [1.82, 2.24) is 15.6 Å². The van der Waals surface area contributed by atoms with E-state index in [9.17, 15) is 4.79 Å². The highest BCUT2D eigenvalue weighted by molar-refractivity contribution is 5.67. The van der Waals surface area contributed by atoms with E-state index in [-0.39, 0.29) is 18.1 Å². The van der Waals surface area contributed by atoms with Crippen LogP contribution >= 0.6 is 0 Å². The number of hydrogen-bond donors (Lipinski definition) is 2. The van der Waals surface area contributed by atoms with Gasteiger partial charge in [0, 0.05) is 30.9 Å². The molecule has 2 aromatic rings. The SMILES string of the molecule is CC1CCNCC1(CNC(=O)OCc1ccccc1)c1cccnc1. The monoisotopic (exact) mass is 339 g/mol. The number of alkyl carbamates (subject to hydrolysis) is 1. The number of nitrogens with one attached hydrogen (secondary N) is 2. The summed E-state index contributed by atoms with van der Waals surface area (Å²) < 4.78 is 5.35. The average molecular weight is 339 g/mol. The molecule has 3 rings (SSSR count). The first-order chi connectivity index (χ1) is 12.2. The topological polar surface area (TPSA) is 63.2 Å². The average Bonchev–Trinajstić information content (AvgIpc) is 2.67. The molecule has 2 unspecified atom stereocenters. The lowest BCUT2D eigenvalue weighted by Crippen LogP contribution is -2.55. The quantitative estimate of drug-likeness (QED) is 0.879. The van der Waals surface area contributed by atoms with Gasteiger partial charge < -0.3 is 15.4 Å².